The predicted octanol–water partition coefficient (Wildman–Crippen LogP) is 2.33. The van der Waals surface area contributed by atoms with E-state index >= 15 is 0 Å². The van der Waals surface area contributed by atoms with E-state index in [1.807, 2.05) is 6.92 Å². The molecule has 0 N–H and O–H groups in total. The molecule has 0 aliphatic rings. The summed E-state index contributed by atoms with van der Waals surface area (Å²) in [6, 6.07) is 2.11. The third-order valence-electron chi connectivity index (χ3n) is 2.44. The van der Waals surface area contributed by atoms with Crippen molar-refractivity contribution >= 4 is 5.91 Å². The standard InChI is InChI=1S/C11H20N2O/c1-4-5-6-7-11(14)13(3)10(2)8-9-12/h10H,4-8H2,1-3H3. The van der Waals surface area contributed by atoms with Gasteiger partial charge in [-0.1, -0.05) is 19.8 Å². The molecule has 0 radical (unpaired) electrons. The molecule has 0 rings (SSSR count). The fourth-order valence-corrected chi connectivity index (χ4v) is 1.22. The molecular formula is C11H20N2O. The highest BCUT2D eigenvalue weighted by atomic mass is 16.2. The Hall–Kier alpha value is -1.04. The van der Waals surface area contributed by atoms with E-state index in [1.54, 1.807) is 11.9 Å². The number of nitriles is 1. The summed E-state index contributed by atoms with van der Waals surface area (Å²) in [5, 5.41) is 8.49. The number of nitrogens with zero attached hydrogens (tertiary/aromatic N) is 2. The molecule has 0 spiro atoms. The minimum absolute atomic E-state index is 0.0362. The first-order chi connectivity index (χ1) is 6.63. The van der Waals surface area contributed by atoms with Crippen LogP contribution in [0.3, 0.4) is 0 Å². The van der Waals surface area contributed by atoms with E-state index in [2.05, 4.69) is 13.0 Å². The lowest BCUT2D eigenvalue weighted by molar-refractivity contribution is -0.131. The van der Waals surface area contributed by atoms with Gasteiger partial charge in [0.15, 0.2) is 0 Å². The topological polar surface area (TPSA) is 44.1 Å². The van der Waals surface area contributed by atoms with Crippen LogP contribution in [-0.2, 0) is 4.79 Å². The molecule has 0 aliphatic carbocycles. The Bertz CT molecular complexity index is 208. The number of amides is 1. The molecule has 0 aromatic carbocycles. The van der Waals surface area contributed by atoms with Crippen molar-refractivity contribution in [2.24, 2.45) is 0 Å². The Morgan fingerprint density at radius 2 is 2.14 bits per heavy atom. The normalized spacial score (nSPS) is 11.9. The summed E-state index contributed by atoms with van der Waals surface area (Å²) in [6.07, 6.45) is 4.21. The van der Waals surface area contributed by atoms with Gasteiger partial charge in [0.2, 0.25) is 5.91 Å². The van der Waals surface area contributed by atoms with Crippen LogP contribution in [0.25, 0.3) is 0 Å². The van der Waals surface area contributed by atoms with Crippen molar-refractivity contribution in [3.05, 3.63) is 0 Å². The van der Waals surface area contributed by atoms with Gasteiger partial charge < -0.3 is 4.90 Å². The van der Waals surface area contributed by atoms with Crippen LogP contribution >= 0.6 is 0 Å². The second kappa shape index (κ2) is 7.37. The molecule has 0 aliphatic heterocycles. The zero-order valence-electron chi connectivity index (χ0n) is 9.42. The highest BCUT2D eigenvalue weighted by Gasteiger charge is 2.14. The van der Waals surface area contributed by atoms with Gasteiger partial charge in [0, 0.05) is 19.5 Å². The average Bonchev–Trinajstić information content (AvgIpc) is 2.17. The highest BCUT2D eigenvalue weighted by Crippen LogP contribution is 2.06. The van der Waals surface area contributed by atoms with E-state index in [9.17, 15) is 4.79 Å². The van der Waals surface area contributed by atoms with Gasteiger partial charge in [-0.2, -0.15) is 5.26 Å². The van der Waals surface area contributed by atoms with E-state index in [0.717, 1.165) is 19.3 Å². The largest absolute Gasteiger partial charge is 0.342 e. The molecule has 0 aromatic rings. The number of hydrogen-bond donors (Lipinski definition) is 0. The minimum Gasteiger partial charge on any atom is -0.342 e. The van der Waals surface area contributed by atoms with Gasteiger partial charge in [-0.3, -0.25) is 4.79 Å². The van der Waals surface area contributed by atoms with Gasteiger partial charge in [-0.15, -0.1) is 0 Å². The van der Waals surface area contributed by atoms with Crippen LogP contribution in [0.15, 0.2) is 0 Å². The van der Waals surface area contributed by atoms with Crippen LogP contribution < -0.4 is 0 Å². The van der Waals surface area contributed by atoms with Crippen molar-refractivity contribution < 1.29 is 4.79 Å². The molecule has 0 saturated carbocycles. The summed E-state index contributed by atoms with van der Waals surface area (Å²) in [5.41, 5.74) is 0. The van der Waals surface area contributed by atoms with Crippen LogP contribution in [0.2, 0.25) is 0 Å². The molecule has 1 atom stereocenters. The fourth-order valence-electron chi connectivity index (χ4n) is 1.22. The molecule has 1 unspecified atom stereocenters. The number of rotatable bonds is 6. The zero-order chi connectivity index (χ0) is 11.0. The Morgan fingerprint density at radius 3 is 2.64 bits per heavy atom. The van der Waals surface area contributed by atoms with Gasteiger partial charge in [0.1, 0.15) is 0 Å². The first-order valence-corrected chi connectivity index (χ1v) is 5.26. The van der Waals surface area contributed by atoms with E-state index in [1.165, 1.54) is 0 Å². The van der Waals surface area contributed by atoms with Crippen LogP contribution in [0.5, 0.6) is 0 Å². The van der Waals surface area contributed by atoms with Crippen LogP contribution in [0.4, 0.5) is 0 Å². The first-order valence-electron chi connectivity index (χ1n) is 5.26. The van der Waals surface area contributed by atoms with Crippen molar-refractivity contribution in [1.29, 1.82) is 5.26 Å². The monoisotopic (exact) mass is 196 g/mol. The Labute approximate surface area is 86.7 Å². The van der Waals surface area contributed by atoms with E-state index in [0.29, 0.717) is 12.8 Å². The highest BCUT2D eigenvalue weighted by molar-refractivity contribution is 5.76. The lowest BCUT2D eigenvalue weighted by Gasteiger charge is -2.22. The van der Waals surface area contributed by atoms with Crippen molar-refractivity contribution in [2.75, 3.05) is 7.05 Å². The number of carbonyl (C=O) groups excluding carboxylic acids is 1. The molecule has 3 nitrogen and oxygen atoms in total. The Morgan fingerprint density at radius 1 is 1.50 bits per heavy atom. The van der Waals surface area contributed by atoms with Crippen LogP contribution in [0, 0.1) is 11.3 Å². The number of carbonyl (C=O) groups is 1. The third-order valence-corrected chi connectivity index (χ3v) is 2.44. The minimum atomic E-state index is 0.0362. The van der Waals surface area contributed by atoms with Gasteiger partial charge in [0.25, 0.3) is 0 Å². The van der Waals surface area contributed by atoms with Gasteiger partial charge in [-0.25, -0.2) is 0 Å². The second-order valence-electron chi connectivity index (χ2n) is 3.67. The van der Waals surface area contributed by atoms with Gasteiger partial charge in [-0.05, 0) is 13.3 Å². The molecule has 0 saturated heterocycles. The maximum absolute atomic E-state index is 11.6. The Kier molecular flexibility index (Phi) is 6.82. The molecular weight excluding hydrogens is 176 g/mol. The molecule has 0 fully saturated rings. The van der Waals surface area contributed by atoms with Gasteiger partial charge >= 0.3 is 0 Å². The Balaban J connectivity index is 3.81. The van der Waals surface area contributed by atoms with Crippen molar-refractivity contribution in [2.45, 2.75) is 52.0 Å². The van der Waals surface area contributed by atoms with E-state index in [4.69, 9.17) is 5.26 Å². The lowest BCUT2D eigenvalue weighted by Crippen LogP contribution is -2.34. The summed E-state index contributed by atoms with van der Waals surface area (Å²) in [7, 11) is 1.77. The quantitative estimate of drug-likeness (QED) is 0.612. The van der Waals surface area contributed by atoms with Crippen molar-refractivity contribution in [1.82, 2.24) is 4.90 Å². The lowest BCUT2D eigenvalue weighted by atomic mass is 10.1. The van der Waals surface area contributed by atoms with E-state index in [-0.39, 0.29) is 11.9 Å². The van der Waals surface area contributed by atoms with E-state index < -0.39 is 0 Å². The van der Waals surface area contributed by atoms with Crippen molar-refractivity contribution in [3.8, 4) is 6.07 Å². The molecule has 14 heavy (non-hydrogen) atoms. The molecule has 0 bridgehead atoms. The summed E-state index contributed by atoms with van der Waals surface area (Å²) in [5.74, 6) is 0.154. The second-order valence-corrected chi connectivity index (χ2v) is 3.67. The van der Waals surface area contributed by atoms with Crippen molar-refractivity contribution in [3.63, 3.8) is 0 Å². The first kappa shape index (κ1) is 13.0. The molecule has 0 heterocycles. The number of unbranched alkanes of at least 4 members (excludes halogenated alkanes) is 2. The zero-order valence-corrected chi connectivity index (χ0v) is 9.42. The smallest absolute Gasteiger partial charge is 0.222 e. The predicted molar refractivity (Wildman–Crippen MR) is 56.6 cm³/mol. The number of hydrogen-bond acceptors (Lipinski definition) is 2. The SMILES string of the molecule is CCCCCC(=O)N(C)C(C)CC#N. The maximum atomic E-state index is 11.6. The van der Waals surface area contributed by atoms with Crippen LogP contribution in [-0.4, -0.2) is 23.9 Å². The van der Waals surface area contributed by atoms with Crippen LogP contribution in [0.1, 0.15) is 46.0 Å². The molecule has 3 heteroatoms. The third kappa shape index (κ3) is 4.86. The maximum Gasteiger partial charge on any atom is 0.222 e. The summed E-state index contributed by atoms with van der Waals surface area (Å²) < 4.78 is 0. The molecule has 0 aromatic heterocycles. The summed E-state index contributed by atoms with van der Waals surface area (Å²) in [6.45, 7) is 4.02. The average molecular weight is 196 g/mol. The molecule has 80 valence electrons. The summed E-state index contributed by atoms with van der Waals surface area (Å²) in [4.78, 5) is 13.2. The summed E-state index contributed by atoms with van der Waals surface area (Å²) >= 11 is 0. The molecule has 1 amide bonds. The fraction of sp³-hybridized carbons (Fsp3) is 0.818. The van der Waals surface area contributed by atoms with Gasteiger partial charge in [0.05, 0.1) is 12.5 Å².